The number of urea groups is 1. The Hall–Kier alpha value is -2.17. The van der Waals surface area contributed by atoms with Crippen molar-refractivity contribution in [3.05, 3.63) is 52.4 Å². The van der Waals surface area contributed by atoms with E-state index in [9.17, 15) is 13.2 Å². The fourth-order valence-corrected chi connectivity index (χ4v) is 2.84. The molecular weight excluding hydrogens is 388 g/mol. The molecule has 10 heteroatoms. The van der Waals surface area contributed by atoms with E-state index in [0.717, 1.165) is 4.47 Å². The Balaban J connectivity index is 1.98. The molecule has 0 saturated carbocycles. The molecule has 0 aliphatic carbocycles. The number of nitrogens with two attached hydrogens (primary N) is 1. The van der Waals surface area contributed by atoms with Crippen LogP contribution in [0.4, 0.5) is 4.79 Å². The number of furan rings is 1. The number of sulfonamides is 1. The molecule has 0 aliphatic heterocycles. The van der Waals surface area contributed by atoms with Gasteiger partial charge in [0, 0.05) is 4.47 Å². The average Bonchev–Trinajstić information content (AvgIpc) is 2.93. The monoisotopic (exact) mass is 400 g/mol. The molecule has 0 radical (unpaired) electrons. The van der Waals surface area contributed by atoms with Gasteiger partial charge in [-0.05, 0) is 36.4 Å². The third-order valence-electron chi connectivity index (χ3n) is 2.61. The molecule has 122 valence electrons. The van der Waals surface area contributed by atoms with Crippen molar-refractivity contribution < 1.29 is 17.6 Å². The number of hydrogen-bond acceptors (Lipinski definition) is 5. The third-order valence-corrected chi connectivity index (χ3v) is 4.56. The summed E-state index contributed by atoms with van der Waals surface area (Å²) in [5, 5.41) is 3.53. The van der Waals surface area contributed by atoms with Crippen molar-refractivity contribution in [2.45, 2.75) is 11.4 Å². The molecule has 1 aromatic carbocycles. The number of hydrogen-bond donors (Lipinski definition) is 3. The number of nitrogens with one attached hydrogen (secondary N) is 2. The van der Waals surface area contributed by atoms with Gasteiger partial charge in [-0.3, -0.25) is 0 Å². The highest BCUT2D eigenvalue weighted by molar-refractivity contribution is 9.10. The molecule has 4 N–H and O–H groups in total. The highest BCUT2D eigenvalue weighted by Gasteiger charge is 2.14. The summed E-state index contributed by atoms with van der Waals surface area (Å²) in [4.78, 5) is 10.6. The van der Waals surface area contributed by atoms with E-state index in [4.69, 9.17) is 10.2 Å². The van der Waals surface area contributed by atoms with Gasteiger partial charge in [-0.1, -0.05) is 15.9 Å². The van der Waals surface area contributed by atoms with Gasteiger partial charge in [0.1, 0.15) is 11.5 Å². The van der Waals surface area contributed by atoms with Gasteiger partial charge in [0.2, 0.25) is 10.0 Å². The topological polar surface area (TPSA) is 127 Å². The predicted molar refractivity (Wildman–Crippen MR) is 87.2 cm³/mol. The Bertz CT molecular complexity index is 815. The highest BCUT2D eigenvalue weighted by atomic mass is 79.9. The zero-order valence-corrected chi connectivity index (χ0v) is 14.1. The van der Waals surface area contributed by atoms with Crippen LogP contribution in [0.2, 0.25) is 0 Å². The Kier molecular flexibility index (Phi) is 5.53. The van der Waals surface area contributed by atoms with Gasteiger partial charge < -0.3 is 10.2 Å². The zero-order valence-electron chi connectivity index (χ0n) is 11.7. The van der Waals surface area contributed by atoms with Crippen LogP contribution in [0.1, 0.15) is 11.5 Å². The van der Waals surface area contributed by atoms with Gasteiger partial charge in [0.05, 0.1) is 17.7 Å². The summed E-state index contributed by atoms with van der Waals surface area (Å²) in [6.07, 6.45) is 1.25. The van der Waals surface area contributed by atoms with Crippen LogP contribution in [-0.2, 0) is 16.6 Å². The summed E-state index contributed by atoms with van der Waals surface area (Å²) in [7, 11) is -3.63. The molecule has 0 bridgehead atoms. The third kappa shape index (κ3) is 5.20. The Morgan fingerprint density at radius 2 is 1.96 bits per heavy atom. The fourth-order valence-electron chi connectivity index (χ4n) is 1.58. The number of primary amides is 1. The number of hydrazone groups is 1. The highest BCUT2D eigenvalue weighted by Crippen LogP contribution is 2.15. The van der Waals surface area contributed by atoms with Gasteiger partial charge in [0.15, 0.2) is 0 Å². The lowest BCUT2D eigenvalue weighted by Crippen LogP contribution is -2.24. The minimum Gasteiger partial charge on any atom is -0.459 e. The fraction of sp³-hybridized carbons (Fsp3) is 0.0769. The summed E-state index contributed by atoms with van der Waals surface area (Å²) in [6, 6.07) is 8.63. The molecule has 1 aromatic heterocycles. The van der Waals surface area contributed by atoms with E-state index in [2.05, 4.69) is 25.8 Å². The van der Waals surface area contributed by atoms with Crippen LogP contribution in [0, 0.1) is 0 Å². The molecule has 0 atom stereocenters. The predicted octanol–water partition coefficient (Wildman–Crippen LogP) is 1.52. The molecule has 2 rings (SSSR count). The van der Waals surface area contributed by atoms with E-state index in [0.29, 0.717) is 11.5 Å². The van der Waals surface area contributed by atoms with Crippen molar-refractivity contribution in [3.8, 4) is 0 Å². The second-order valence-corrected chi connectivity index (χ2v) is 7.00. The number of benzene rings is 1. The van der Waals surface area contributed by atoms with Gasteiger partial charge in [-0.25, -0.2) is 23.4 Å². The number of rotatable bonds is 6. The van der Waals surface area contributed by atoms with Crippen molar-refractivity contribution in [3.63, 3.8) is 0 Å². The standard InChI is InChI=1S/C13H13BrN4O4S/c14-9-1-5-12(6-2-9)23(20,21)17-8-11-4-3-10(22-11)7-16-18-13(15)19/h1-7,17H,8H2,(H3,15,18,19)/b16-7+. The maximum Gasteiger partial charge on any atom is 0.332 e. The maximum atomic E-state index is 12.1. The Morgan fingerprint density at radius 3 is 2.61 bits per heavy atom. The number of amides is 2. The Morgan fingerprint density at radius 1 is 1.26 bits per heavy atom. The SMILES string of the molecule is NC(=O)N/N=C/c1ccc(CNS(=O)(=O)c2ccc(Br)cc2)o1. The van der Waals surface area contributed by atoms with Crippen molar-refractivity contribution >= 4 is 38.2 Å². The first-order chi connectivity index (χ1) is 10.9. The van der Waals surface area contributed by atoms with Crippen LogP contribution in [0.3, 0.4) is 0 Å². The molecule has 0 saturated heterocycles. The summed E-state index contributed by atoms with van der Waals surface area (Å²) < 4.78 is 32.8. The number of carbonyl (C=O) groups excluding carboxylic acids is 1. The van der Waals surface area contributed by atoms with E-state index in [1.807, 2.05) is 5.43 Å². The lowest BCUT2D eigenvalue weighted by molar-refractivity contribution is 0.249. The van der Waals surface area contributed by atoms with Crippen molar-refractivity contribution in [1.29, 1.82) is 0 Å². The van der Waals surface area contributed by atoms with Crippen LogP contribution in [-0.4, -0.2) is 20.7 Å². The number of nitrogens with zero attached hydrogens (tertiary/aromatic N) is 1. The van der Waals surface area contributed by atoms with E-state index in [-0.39, 0.29) is 11.4 Å². The van der Waals surface area contributed by atoms with E-state index < -0.39 is 16.1 Å². The molecule has 1 heterocycles. The van der Waals surface area contributed by atoms with Crippen LogP contribution in [0.25, 0.3) is 0 Å². The summed E-state index contributed by atoms with van der Waals surface area (Å²) in [5.41, 5.74) is 6.87. The normalized spacial score (nSPS) is 11.7. The van der Waals surface area contributed by atoms with Crippen LogP contribution in [0.15, 0.2) is 55.3 Å². The minimum atomic E-state index is -3.63. The summed E-state index contributed by atoms with van der Waals surface area (Å²) >= 11 is 3.24. The minimum absolute atomic E-state index is 0.0184. The maximum absolute atomic E-state index is 12.1. The second kappa shape index (κ2) is 7.40. The first-order valence-electron chi connectivity index (χ1n) is 6.29. The van der Waals surface area contributed by atoms with Crippen molar-refractivity contribution in [2.75, 3.05) is 0 Å². The first kappa shape index (κ1) is 17.2. The molecule has 8 nitrogen and oxygen atoms in total. The Labute approximate surface area is 140 Å². The lowest BCUT2D eigenvalue weighted by atomic mass is 10.4. The molecule has 2 aromatic rings. The van der Waals surface area contributed by atoms with E-state index >= 15 is 0 Å². The summed E-state index contributed by atoms with van der Waals surface area (Å²) in [5.74, 6) is 0.739. The first-order valence-corrected chi connectivity index (χ1v) is 8.57. The quantitative estimate of drug-likeness (QED) is 0.501. The van der Waals surface area contributed by atoms with E-state index in [1.165, 1.54) is 18.3 Å². The molecule has 2 amide bonds. The zero-order chi connectivity index (χ0) is 16.9. The van der Waals surface area contributed by atoms with Gasteiger partial charge >= 0.3 is 6.03 Å². The smallest absolute Gasteiger partial charge is 0.332 e. The molecule has 23 heavy (non-hydrogen) atoms. The average molecular weight is 401 g/mol. The van der Waals surface area contributed by atoms with E-state index in [1.54, 1.807) is 24.3 Å². The van der Waals surface area contributed by atoms with Crippen molar-refractivity contribution in [2.24, 2.45) is 10.8 Å². The van der Waals surface area contributed by atoms with Gasteiger partial charge in [-0.2, -0.15) is 5.10 Å². The van der Waals surface area contributed by atoms with Crippen molar-refractivity contribution in [1.82, 2.24) is 10.1 Å². The van der Waals surface area contributed by atoms with Gasteiger partial charge in [0.25, 0.3) is 0 Å². The van der Waals surface area contributed by atoms with Crippen LogP contribution in [0.5, 0.6) is 0 Å². The van der Waals surface area contributed by atoms with Gasteiger partial charge in [-0.15, -0.1) is 0 Å². The molecule has 0 unspecified atom stereocenters. The lowest BCUT2D eigenvalue weighted by Gasteiger charge is -2.05. The molecule has 0 fully saturated rings. The molecule has 0 spiro atoms. The molecule has 0 aliphatic rings. The largest absolute Gasteiger partial charge is 0.459 e. The second-order valence-electron chi connectivity index (χ2n) is 4.32. The molecular formula is C13H13BrN4O4S. The number of carbonyl (C=O) groups is 1. The number of halogens is 1. The van der Waals surface area contributed by atoms with Crippen LogP contribution < -0.4 is 15.9 Å². The summed E-state index contributed by atoms with van der Waals surface area (Å²) in [6.45, 7) is -0.0184. The van der Waals surface area contributed by atoms with Crippen LogP contribution >= 0.6 is 15.9 Å².